The number of ketones is 1. The minimum atomic E-state index is -1.37. The first-order valence-corrected chi connectivity index (χ1v) is 6.97. The number of hydrogen-bond acceptors (Lipinski definition) is 4. The molecule has 0 aliphatic heterocycles. The Bertz CT molecular complexity index is 580. The van der Waals surface area contributed by atoms with E-state index in [9.17, 15) is 14.4 Å². The van der Waals surface area contributed by atoms with Crippen LogP contribution in [0.15, 0.2) is 24.3 Å². The molecule has 0 aliphatic rings. The summed E-state index contributed by atoms with van der Waals surface area (Å²) >= 11 is 5.79. The lowest BCUT2D eigenvalue weighted by molar-refractivity contribution is -0.139. The molecule has 0 bridgehead atoms. The Hall–Kier alpha value is -2.08. The van der Waals surface area contributed by atoms with Gasteiger partial charge in [-0.2, -0.15) is 0 Å². The first-order chi connectivity index (χ1) is 10.1. The summed E-state index contributed by atoms with van der Waals surface area (Å²) in [7, 11) is 0. The lowest BCUT2D eigenvalue weighted by Crippen LogP contribution is -2.44. The molecular formula is C15H18ClNO5. The molecule has 1 aromatic rings. The fraction of sp³-hybridized carbons (Fsp3) is 0.400. The molecule has 0 unspecified atom stereocenters. The normalized spacial score (nSPS) is 12.4. The molecule has 6 nitrogen and oxygen atoms in total. The Kier molecular flexibility index (Phi) is 5.93. The zero-order valence-corrected chi connectivity index (χ0v) is 13.3. The van der Waals surface area contributed by atoms with Crippen molar-refractivity contribution in [3.63, 3.8) is 0 Å². The van der Waals surface area contributed by atoms with E-state index in [-0.39, 0.29) is 5.56 Å². The van der Waals surface area contributed by atoms with Crippen molar-refractivity contribution in [3.8, 4) is 0 Å². The van der Waals surface area contributed by atoms with Crippen molar-refractivity contribution in [2.75, 3.05) is 0 Å². The highest BCUT2D eigenvalue weighted by molar-refractivity contribution is 6.31. The maximum absolute atomic E-state index is 12.1. The summed E-state index contributed by atoms with van der Waals surface area (Å²) in [5.41, 5.74) is -0.478. The first-order valence-electron chi connectivity index (χ1n) is 6.59. The van der Waals surface area contributed by atoms with E-state index in [1.807, 2.05) is 0 Å². The van der Waals surface area contributed by atoms with Crippen LogP contribution in [0.2, 0.25) is 5.02 Å². The molecule has 0 saturated carbocycles. The molecule has 1 atom stereocenters. The van der Waals surface area contributed by atoms with E-state index < -0.39 is 35.9 Å². The van der Waals surface area contributed by atoms with Gasteiger partial charge in [0, 0.05) is 17.0 Å². The average Bonchev–Trinajstić information content (AvgIpc) is 2.35. The molecule has 0 radical (unpaired) electrons. The van der Waals surface area contributed by atoms with Crippen molar-refractivity contribution < 1.29 is 24.2 Å². The molecule has 0 aromatic heterocycles. The molecule has 22 heavy (non-hydrogen) atoms. The van der Waals surface area contributed by atoms with Gasteiger partial charge < -0.3 is 15.2 Å². The van der Waals surface area contributed by atoms with Gasteiger partial charge in [0.05, 0.1) is 0 Å². The molecule has 0 fully saturated rings. The summed E-state index contributed by atoms with van der Waals surface area (Å²) in [6.45, 7) is 4.96. The summed E-state index contributed by atoms with van der Waals surface area (Å²) < 4.78 is 4.98. The quantitative estimate of drug-likeness (QED) is 0.811. The van der Waals surface area contributed by atoms with Crippen LogP contribution in [0.1, 0.15) is 37.6 Å². The minimum Gasteiger partial charge on any atom is -0.480 e. The van der Waals surface area contributed by atoms with Crippen LogP contribution < -0.4 is 5.32 Å². The summed E-state index contributed by atoms with van der Waals surface area (Å²) in [4.78, 5) is 34.9. The van der Waals surface area contributed by atoms with Gasteiger partial charge in [-0.3, -0.25) is 4.79 Å². The van der Waals surface area contributed by atoms with Gasteiger partial charge >= 0.3 is 12.1 Å². The highest BCUT2D eigenvalue weighted by atomic mass is 35.5. The second-order valence-corrected chi connectivity index (χ2v) is 6.11. The van der Waals surface area contributed by atoms with Crippen LogP contribution in [0.3, 0.4) is 0 Å². The molecule has 7 heteroatoms. The van der Waals surface area contributed by atoms with E-state index in [1.165, 1.54) is 12.1 Å². The van der Waals surface area contributed by atoms with Crippen LogP contribution in [0.4, 0.5) is 4.79 Å². The predicted molar refractivity (Wildman–Crippen MR) is 81.2 cm³/mol. The zero-order chi connectivity index (χ0) is 16.9. The van der Waals surface area contributed by atoms with Gasteiger partial charge in [0.1, 0.15) is 11.6 Å². The Labute approximate surface area is 133 Å². The van der Waals surface area contributed by atoms with Gasteiger partial charge in [-0.05, 0) is 32.9 Å². The van der Waals surface area contributed by atoms with Crippen molar-refractivity contribution in [1.82, 2.24) is 5.32 Å². The Morgan fingerprint density at radius 2 is 1.95 bits per heavy atom. The maximum atomic E-state index is 12.1. The highest BCUT2D eigenvalue weighted by Crippen LogP contribution is 2.14. The van der Waals surface area contributed by atoms with Crippen molar-refractivity contribution >= 4 is 29.4 Å². The number of halogens is 1. The molecule has 1 rings (SSSR count). The second kappa shape index (κ2) is 7.26. The van der Waals surface area contributed by atoms with E-state index in [2.05, 4.69) is 5.32 Å². The van der Waals surface area contributed by atoms with Crippen molar-refractivity contribution in [3.05, 3.63) is 34.9 Å². The van der Waals surface area contributed by atoms with E-state index in [0.717, 1.165) is 0 Å². The number of carboxylic acid groups (broad SMARTS) is 1. The highest BCUT2D eigenvalue weighted by Gasteiger charge is 2.26. The third-order valence-electron chi connectivity index (χ3n) is 2.53. The van der Waals surface area contributed by atoms with Crippen LogP contribution in [-0.2, 0) is 9.53 Å². The van der Waals surface area contributed by atoms with E-state index >= 15 is 0 Å². The number of carboxylic acids is 1. The van der Waals surface area contributed by atoms with Crippen LogP contribution in [0.25, 0.3) is 0 Å². The molecule has 1 aromatic carbocycles. The fourth-order valence-electron chi connectivity index (χ4n) is 1.62. The number of carbonyl (C=O) groups is 3. The number of aliphatic carboxylic acids is 1. The Morgan fingerprint density at radius 1 is 1.32 bits per heavy atom. The van der Waals surface area contributed by atoms with E-state index in [0.29, 0.717) is 5.02 Å². The Balaban J connectivity index is 2.74. The van der Waals surface area contributed by atoms with Gasteiger partial charge in [-0.1, -0.05) is 23.7 Å². The first kappa shape index (κ1) is 18.0. The van der Waals surface area contributed by atoms with Crippen LogP contribution in [0.5, 0.6) is 0 Å². The van der Waals surface area contributed by atoms with Crippen molar-refractivity contribution in [2.45, 2.75) is 38.8 Å². The van der Waals surface area contributed by atoms with Crippen LogP contribution >= 0.6 is 11.6 Å². The monoisotopic (exact) mass is 327 g/mol. The van der Waals surface area contributed by atoms with Gasteiger partial charge in [-0.25, -0.2) is 9.59 Å². The number of nitrogens with one attached hydrogen (secondary N) is 1. The molecule has 0 spiro atoms. The molecule has 120 valence electrons. The number of carbonyl (C=O) groups excluding carboxylic acids is 2. The topological polar surface area (TPSA) is 92.7 Å². The fourth-order valence-corrected chi connectivity index (χ4v) is 1.81. The Morgan fingerprint density at radius 3 is 2.45 bits per heavy atom. The summed E-state index contributed by atoms with van der Waals surface area (Å²) in [5.74, 6) is -1.76. The summed E-state index contributed by atoms with van der Waals surface area (Å²) in [6.07, 6.45) is -1.28. The maximum Gasteiger partial charge on any atom is 0.408 e. The number of amides is 1. The van der Waals surface area contributed by atoms with Crippen LogP contribution in [-0.4, -0.2) is 34.6 Å². The molecular weight excluding hydrogens is 310 g/mol. The number of rotatable bonds is 5. The largest absolute Gasteiger partial charge is 0.480 e. The molecule has 0 saturated heterocycles. The molecule has 0 aliphatic carbocycles. The third kappa shape index (κ3) is 6.13. The minimum absolute atomic E-state index is 0.282. The van der Waals surface area contributed by atoms with Gasteiger partial charge in [0.15, 0.2) is 5.78 Å². The smallest absolute Gasteiger partial charge is 0.408 e. The number of ether oxygens (including phenoxy) is 1. The lowest BCUT2D eigenvalue weighted by atomic mass is 10.0. The molecule has 0 heterocycles. The number of benzene rings is 1. The summed E-state index contributed by atoms with van der Waals surface area (Å²) in [6, 6.07) is 4.79. The third-order valence-corrected chi connectivity index (χ3v) is 2.76. The molecule has 2 N–H and O–H groups in total. The standard InChI is InChI=1S/C15H18ClNO5/c1-15(2,3)22-14(21)17-11(13(19)20)8-12(18)9-5-4-6-10(16)7-9/h4-7,11H,8H2,1-3H3,(H,17,21)(H,19,20)/t11-/m1/s1. The zero-order valence-electron chi connectivity index (χ0n) is 12.6. The van der Waals surface area contributed by atoms with Crippen molar-refractivity contribution in [1.29, 1.82) is 0 Å². The number of hydrogen-bond donors (Lipinski definition) is 2. The van der Waals surface area contributed by atoms with Gasteiger partial charge in [0.25, 0.3) is 0 Å². The SMILES string of the molecule is CC(C)(C)OC(=O)N[C@H](CC(=O)c1cccc(Cl)c1)C(=O)O. The van der Waals surface area contributed by atoms with E-state index in [1.54, 1.807) is 32.9 Å². The average molecular weight is 328 g/mol. The second-order valence-electron chi connectivity index (χ2n) is 5.67. The number of Topliss-reactive ketones (excluding diaryl/α,β-unsaturated/α-hetero) is 1. The van der Waals surface area contributed by atoms with Gasteiger partial charge in [-0.15, -0.1) is 0 Å². The predicted octanol–water partition coefficient (Wildman–Crippen LogP) is 2.89. The van der Waals surface area contributed by atoms with E-state index in [4.69, 9.17) is 21.4 Å². The van der Waals surface area contributed by atoms with Gasteiger partial charge in [0.2, 0.25) is 0 Å². The lowest BCUT2D eigenvalue weighted by Gasteiger charge is -2.21. The molecule has 1 amide bonds. The van der Waals surface area contributed by atoms with Crippen LogP contribution in [0, 0.1) is 0 Å². The van der Waals surface area contributed by atoms with Crippen molar-refractivity contribution in [2.24, 2.45) is 0 Å². The number of alkyl carbamates (subject to hydrolysis) is 1. The summed E-state index contributed by atoms with van der Waals surface area (Å²) in [5, 5.41) is 11.7.